The number of hydrogen-bond donors (Lipinski definition) is 1. The van der Waals surface area contributed by atoms with Crippen LogP contribution in [0.5, 0.6) is 11.5 Å². The lowest BCUT2D eigenvalue weighted by atomic mass is 10.2. The maximum absolute atomic E-state index is 5.88. The highest BCUT2D eigenvalue weighted by molar-refractivity contribution is 5.84. The molecule has 2 N–H and O–H groups in total. The minimum atomic E-state index is 0.394. The van der Waals surface area contributed by atoms with Crippen LogP contribution >= 0.6 is 0 Å². The third-order valence-corrected chi connectivity index (χ3v) is 2.82. The number of nitrogens with zero attached hydrogens (tertiary/aromatic N) is 2. The third-order valence-electron chi connectivity index (χ3n) is 2.82. The molecule has 3 aromatic rings. The van der Waals surface area contributed by atoms with Crippen molar-refractivity contribution in [1.29, 1.82) is 0 Å². The van der Waals surface area contributed by atoms with Crippen LogP contribution in [0.2, 0.25) is 0 Å². The lowest BCUT2D eigenvalue weighted by Crippen LogP contribution is -1.99. The van der Waals surface area contributed by atoms with Gasteiger partial charge in [0, 0.05) is 30.4 Å². The molecule has 0 spiro atoms. The van der Waals surface area contributed by atoms with E-state index < -0.39 is 0 Å². The minimum Gasteiger partial charge on any atom is -0.455 e. The molecule has 1 aromatic carbocycles. The van der Waals surface area contributed by atoms with Crippen molar-refractivity contribution < 1.29 is 4.74 Å². The molecule has 2 aromatic heterocycles. The summed E-state index contributed by atoms with van der Waals surface area (Å²) in [4.78, 5) is 8.50. The van der Waals surface area contributed by atoms with Gasteiger partial charge in [-0.1, -0.05) is 18.2 Å². The molecule has 3 rings (SSSR count). The maximum atomic E-state index is 5.88. The van der Waals surface area contributed by atoms with Crippen molar-refractivity contribution in [2.75, 3.05) is 0 Å². The van der Waals surface area contributed by atoms with Gasteiger partial charge in [-0.05, 0) is 18.2 Å². The molecule has 4 nitrogen and oxygen atoms in total. The van der Waals surface area contributed by atoms with Gasteiger partial charge in [0.25, 0.3) is 0 Å². The van der Waals surface area contributed by atoms with E-state index in [2.05, 4.69) is 9.97 Å². The molecular formula is C15H13N3O. The average Bonchev–Trinajstić information content (AvgIpc) is 2.48. The van der Waals surface area contributed by atoms with Crippen LogP contribution in [-0.2, 0) is 6.54 Å². The second kappa shape index (κ2) is 5.04. The average molecular weight is 251 g/mol. The summed E-state index contributed by atoms with van der Waals surface area (Å²) in [5.41, 5.74) is 7.21. The van der Waals surface area contributed by atoms with Crippen LogP contribution in [0, 0.1) is 0 Å². The highest BCUT2D eigenvalue weighted by atomic mass is 16.5. The Hall–Kier alpha value is -2.46. The van der Waals surface area contributed by atoms with Gasteiger partial charge < -0.3 is 10.5 Å². The number of nitrogens with two attached hydrogens (primary N) is 1. The predicted molar refractivity (Wildman–Crippen MR) is 73.9 cm³/mol. The molecule has 19 heavy (non-hydrogen) atoms. The summed E-state index contributed by atoms with van der Waals surface area (Å²) >= 11 is 0. The normalized spacial score (nSPS) is 10.6. The van der Waals surface area contributed by atoms with E-state index in [1.165, 1.54) is 0 Å². The number of ether oxygens (including phenoxy) is 1. The van der Waals surface area contributed by atoms with Crippen LogP contribution in [0.15, 0.2) is 54.9 Å². The zero-order chi connectivity index (χ0) is 13.1. The van der Waals surface area contributed by atoms with E-state index >= 15 is 0 Å². The van der Waals surface area contributed by atoms with E-state index in [4.69, 9.17) is 10.5 Å². The Bertz CT molecular complexity index is 707. The Morgan fingerprint density at radius 2 is 1.89 bits per heavy atom. The van der Waals surface area contributed by atoms with Crippen molar-refractivity contribution in [3.05, 3.63) is 60.6 Å². The quantitative estimate of drug-likeness (QED) is 0.777. The van der Waals surface area contributed by atoms with Gasteiger partial charge in [-0.15, -0.1) is 0 Å². The molecule has 0 aliphatic rings. The standard InChI is InChI=1S/C15H13N3O/c16-10-12-9-13(6-8-17-12)19-14-5-1-3-11-4-2-7-18-15(11)14/h1-9H,10,16H2. The summed E-state index contributed by atoms with van der Waals surface area (Å²) in [5.74, 6) is 1.45. The van der Waals surface area contributed by atoms with Gasteiger partial charge in [0.2, 0.25) is 0 Å². The molecule has 0 aliphatic heterocycles. The lowest BCUT2D eigenvalue weighted by Gasteiger charge is -2.08. The smallest absolute Gasteiger partial charge is 0.153 e. The molecule has 0 atom stereocenters. The molecule has 0 saturated heterocycles. The molecule has 0 amide bonds. The molecule has 0 radical (unpaired) electrons. The lowest BCUT2D eigenvalue weighted by molar-refractivity contribution is 0.485. The number of pyridine rings is 2. The van der Waals surface area contributed by atoms with Gasteiger partial charge in [-0.3, -0.25) is 9.97 Å². The van der Waals surface area contributed by atoms with Crippen molar-refractivity contribution >= 4 is 10.9 Å². The number of para-hydroxylation sites is 1. The first kappa shape index (κ1) is 11.6. The van der Waals surface area contributed by atoms with Crippen LogP contribution in [0.3, 0.4) is 0 Å². The molecule has 0 unspecified atom stereocenters. The maximum Gasteiger partial charge on any atom is 0.153 e. The van der Waals surface area contributed by atoms with Gasteiger partial charge in [0.15, 0.2) is 5.75 Å². The van der Waals surface area contributed by atoms with Crippen molar-refractivity contribution in [3.8, 4) is 11.5 Å². The van der Waals surface area contributed by atoms with E-state index in [1.54, 1.807) is 18.5 Å². The molecule has 94 valence electrons. The summed E-state index contributed by atoms with van der Waals surface area (Å²) in [5, 5.41) is 1.05. The van der Waals surface area contributed by atoms with Crippen molar-refractivity contribution in [2.45, 2.75) is 6.54 Å². The largest absolute Gasteiger partial charge is 0.455 e. The van der Waals surface area contributed by atoms with Crippen LogP contribution in [0.1, 0.15) is 5.69 Å². The fourth-order valence-corrected chi connectivity index (χ4v) is 1.92. The number of rotatable bonds is 3. The number of hydrogen-bond acceptors (Lipinski definition) is 4. The SMILES string of the molecule is NCc1cc(Oc2cccc3cccnc23)ccn1. The first-order valence-electron chi connectivity index (χ1n) is 6.03. The highest BCUT2D eigenvalue weighted by Crippen LogP contribution is 2.28. The summed E-state index contributed by atoms with van der Waals surface area (Å²) in [6.07, 6.45) is 3.45. The molecule has 0 aliphatic carbocycles. The van der Waals surface area contributed by atoms with E-state index in [-0.39, 0.29) is 0 Å². The van der Waals surface area contributed by atoms with Crippen LogP contribution < -0.4 is 10.5 Å². The monoisotopic (exact) mass is 251 g/mol. The van der Waals surface area contributed by atoms with Crippen molar-refractivity contribution in [1.82, 2.24) is 9.97 Å². The topological polar surface area (TPSA) is 61.0 Å². The third kappa shape index (κ3) is 2.39. The molecule has 0 fully saturated rings. The van der Waals surface area contributed by atoms with E-state index in [0.29, 0.717) is 12.3 Å². The first-order chi connectivity index (χ1) is 9.36. The van der Waals surface area contributed by atoms with Gasteiger partial charge in [-0.2, -0.15) is 0 Å². The van der Waals surface area contributed by atoms with E-state index in [1.807, 2.05) is 36.4 Å². The number of aromatic nitrogens is 2. The van der Waals surface area contributed by atoms with Crippen molar-refractivity contribution in [3.63, 3.8) is 0 Å². The van der Waals surface area contributed by atoms with Gasteiger partial charge in [0.05, 0.1) is 5.69 Å². The molecular weight excluding hydrogens is 238 g/mol. The van der Waals surface area contributed by atoms with Crippen LogP contribution in [-0.4, -0.2) is 9.97 Å². The number of benzene rings is 1. The summed E-state index contributed by atoms with van der Waals surface area (Å²) in [7, 11) is 0. The number of fused-ring (bicyclic) bond motifs is 1. The van der Waals surface area contributed by atoms with Crippen LogP contribution in [0.25, 0.3) is 10.9 Å². The summed E-state index contributed by atoms with van der Waals surface area (Å²) in [6, 6.07) is 13.4. The Kier molecular flexibility index (Phi) is 3.08. The van der Waals surface area contributed by atoms with Crippen LogP contribution in [0.4, 0.5) is 0 Å². The Balaban J connectivity index is 2.01. The zero-order valence-corrected chi connectivity index (χ0v) is 10.3. The Morgan fingerprint density at radius 1 is 1.00 bits per heavy atom. The fraction of sp³-hybridized carbons (Fsp3) is 0.0667. The van der Waals surface area contributed by atoms with Gasteiger partial charge in [0.1, 0.15) is 11.3 Å². The Morgan fingerprint density at radius 3 is 2.79 bits per heavy atom. The summed E-state index contributed by atoms with van der Waals surface area (Å²) in [6.45, 7) is 0.394. The zero-order valence-electron chi connectivity index (χ0n) is 10.3. The predicted octanol–water partition coefficient (Wildman–Crippen LogP) is 2.88. The second-order valence-corrected chi connectivity index (χ2v) is 4.12. The molecule has 0 bridgehead atoms. The van der Waals surface area contributed by atoms with Gasteiger partial charge >= 0.3 is 0 Å². The summed E-state index contributed by atoms with van der Waals surface area (Å²) < 4.78 is 5.88. The molecule has 4 heteroatoms. The first-order valence-corrected chi connectivity index (χ1v) is 6.03. The molecule has 0 saturated carbocycles. The van der Waals surface area contributed by atoms with E-state index in [9.17, 15) is 0 Å². The van der Waals surface area contributed by atoms with Gasteiger partial charge in [-0.25, -0.2) is 0 Å². The van der Waals surface area contributed by atoms with E-state index in [0.717, 1.165) is 22.3 Å². The second-order valence-electron chi connectivity index (χ2n) is 4.12. The highest BCUT2D eigenvalue weighted by Gasteiger charge is 2.04. The minimum absolute atomic E-state index is 0.394. The Labute approximate surface area is 110 Å². The van der Waals surface area contributed by atoms with Crippen molar-refractivity contribution in [2.24, 2.45) is 5.73 Å². The fourth-order valence-electron chi connectivity index (χ4n) is 1.92. The molecule has 2 heterocycles.